The maximum absolute atomic E-state index is 3.89. The summed E-state index contributed by atoms with van der Waals surface area (Å²) in [7, 11) is 2.01. The standard InChI is InChI=1S/C8H16N2/c1-6-7(2)10(5)8(3)9-4/h6,8H,4H2,1-3,5H3/b7-6-. The van der Waals surface area contributed by atoms with Crippen LogP contribution in [0, 0.1) is 0 Å². The third-order valence-corrected chi connectivity index (χ3v) is 1.80. The van der Waals surface area contributed by atoms with Crippen molar-refractivity contribution >= 4 is 6.72 Å². The van der Waals surface area contributed by atoms with E-state index in [4.69, 9.17) is 0 Å². The molecule has 58 valence electrons. The number of allylic oxidation sites excluding steroid dienone is 2. The minimum absolute atomic E-state index is 0.177. The van der Waals surface area contributed by atoms with Crippen molar-refractivity contribution < 1.29 is 0 Å². The average Bonchev–Trinajstić information content (AvgIpc) is 2.00. The molecule has 0 aromatic rings. The van der Waals surface area contributed by atoms with Crippen molar-refractivity contribution in [2.75, 3.05) is 7.05 Å². The summed E-state index contributed by atoms with van der Waals surface area (Å²) in [4.78, 5) is 5.97. The van der Waals surface area contributed by atoms with Crippen molar-refractivity contribution in [3.8, 4) is 0 Å². The third-order valence-electron chi connectivity index (χ3n) is 1.80. The second-order valence-corrected chi connectivity index (χ2v) is 2.36. The van der Waals surface area contributed by atoms with E-state index in [0.29, 0.717) is 0 Å². The van der Waals surface area contributed by atoms with Crippen molar-refractivity contribution in [1.29, 1.82) is 0 Å². The molecule has 0 aliphatic heterocycles. The van der Waals surface area contributed by atoms with Crippen molar-refractivity contribution in [2.45, 2.75) is 26.9 Å². The monoisotopic (exact) mass is 140 g/mol. The molecule has 0 N–H and O–H groups in total. The first-order valence-electron chi connectivity index (χ1n) is 3.45. The van der Waals surface area contributed by atoms with Gasteiger partial charge in [-0.1, -0.05) is 6.08 Å². The molecule has 0 saturated heterocycles. The maximum atomic E-state index is 3.89. The van der Waals surface area contributed by atoms with Gasteiger partial charge in [0.2, 0.25) is 0 Å². The van der Waals surface area contributed by atoms with Gasteiger partial charge in [-0.2, -0.15) is 0 Å². The Bertz CT molecular complexity index is 138. The van der Waals surface area contributed by atoms with Gasteiger partial charge in [-0.15, -0.1) is 0 Å². The maximum Gasteiger partial charge on any atom is 0.116 e. The topological polar surface area (TPSA) is 15.6 Å². The van der Waals surface area contributed by atoms with Crippen molar-refractivity contribution in [1.82, 2.24) is 4.90 Å². The van der Waals surface area contributed by atoms with Crippen LogP contribution >= 0.6 is 0 Å². The van der Waals surface area contributed by atoms with E-state index >= 15 is 0 Å². The Morgan fingerprint density at radius 3 is 2.50 bits per heavy atom. The predicted molar refractivity (Wildman–Crippen MR) is 46.2 cm³/mol. The fourth-order valence-electron chi connectivity index (χ4n) is 0.621. The summed E-state index contributed by atoms with van der Waals surface area (Å²) in [5, 5.41) is 0. The lowest BCUT2D eigenvalue weighted by Gasteiger charge is -2.23. The molecule has 0 radical (unpaired) electrons. The lowest BCUT2D eigenvalue weighted by atomic mass is 10.4. The zero-order valence-electron chi connectivity index (χ0n) is 7.26. The summed E-state index contributed by atoms with van der Waals surface area (Å²) >= 11 is 0. The van der Waals surface area contributed by atoms with Crippen LogP contribution in [-0.2, 0) is 0 Å². The highest BCUT2D eigenvalue weighted by molar-refractivity contribution is 5.24. The van der Waals surface area contributed by atoms with E-state index in [1.54, 1.807) is 0 Å². The largest absolute Gasteiger partial charge is 0.357 e. The number of nitrogens with zero attached hydrogens (tertiary/aromatic N) is 2. The molecule has 0 aromatic heterocycles. The van der Waals surface area contributed by atoms with Crippen molar-refractivity contribution in [2.24, 2.45) is 4.99 Å². The molecule has 2 heteroatoms. The molecule has 0 bridgehead atoms. The van der Waals surface area contributed by atoms with E-state index in [9.17, 15) is 0 Å². The van der Waals surface area contributed by atoms with Gasteiger partial charge >= 0.3 is 0 Å². The number of hydrogen-bond acceptors (Lipinski definition) is 2. The zero-order chi connectivity index (χ0) is 8.15. The van der Waals surface area contributed by atoms with Gasteiger partial charge in [0.15, 0.2) is 0 Å². The van der Waals surface area contributed by atoms with Crippen LogP contribution in [0.3, 0.4) is 0 Å². The Morgan fingerprint density at radius 2 is 2.20 bits per heavy atom. The lowest BCUT2D eigenvalue weighted by Crippen LogP contribution is -2.24. The van der Waals surface area contributed by atoms with Crippen LogP contribution in [0.1, 0.15) is 20.8 Å². The Balaban J connectivity index is 4.06. The van der Waals surface area contributed by atoms with Crippen LogP contribution in [0.4, 0.5) is 0 Å². The molecular formula is C8H16N2. The van der Waals surface area contributed by atoms with E-state index in [1.165, 1.54) is 5.70 Å². The second-order valence-electron chi connectivity index (χ2n) is 2.36. The highest BCUT2D eigenvalue weighted by Crippen LogP contribution is 2.05. The number of hydrogen-bond donors (Lipinski definition) is 0. The average molecular weight is 140 g/mol. The van der Waals surface area contributed by atoms with E-state index in [0.717, 1.165) is 0 Å². The molecule has 0 aliphatic carbocycles. The van der Waals surface area contributed by atoms with E-state index in [2.05, 4.69) is 29.6 Å². The summed E-state index contributed by atoms with van der Waals surface area (Å²) in [6.07, 6.45) is 2.23. The van der Waals surface area contributed by atoms with Crippen LogP contribution in [0.5, 0.6) is 0 Å². The summed E-state index contributed by atoms with van der Waals surface area (Å²) in [6.45, 7) is 9.57. The van der Waals surface area contributed by atoms with Gasteiger partial charge in [0.25, 0.3) is 0 Å². The van der Waals surface area contributed by atoms with Gasteiger partial charge in [-0.3, -0.25) is 4.99 Å². The molecule has 1 atom stereocenters. The van der Waals surface area contributed by atoms with Gasteiger partial charge in [0.05, 0.1) is 0 Å². The van der Waals surface area contributed by atoms with Crippen LogP contribution in [-0.4, -0.2) is 24.8 Å². The molecule has 0 rings (SSSR count). The zero-order valence-corrected chi connectivity index (χ0v) is 7.26. The first kappa shape index (κ1) is 9.21. The Hall–Kier alpha value is -0.790. The van der Waals surface area contributed by atoms with Gasteiger partial charge in [0.1, 0.15) is 6.17 Å². The van der Waals surface area contributed by atoms with Gasteiger partial charge in [-0.05, 0) is 27.5 Å². The smallest absolute Gasteiger partial charge is 0.116 e. The molecule has 2 nitrogen and oxygen atoms in total. The van der Waals surface area contributed by atoms with Crippen LogP contribution in [0.25, 0.3) is 0 Å². The Kier molecular flexibility index (Phi) is 3.77. The molecule has 0 amide bonds. The quantitative estimate of drug-likeness (QED) is 0.546. The Labute approximate surface area is 63.3 Å². The van der Waals surface area contributed by atoms with Crippen LogP contribution < -0.4 is 0 Å². The van der Waals surface area contributed by atoms with Gasteiger partial charge < -0.3 is 4.90 Å². The number of rotatable bonds is 3. The summed E-state index contributed by atoms with van der Waals surface area (Å²) in [5.41, 5.74) is 1.22. The minimum Gasteiger partial charge on any atom is -0.357 e. The van der Waals surface area contributed by atoms with E-state index in [-0.39, 0.29) is 6.17 Å². The first-order valence-corrected chi connectivity index (χ1v) is 3.45. The molecule has 0 aromatic carbocycles. The molecule has 0 heterocycles. The normalized spacial score (nSPS) is 14.6. The van der Waals surface area contributed by atoms with Crippen LogP contribution in [0.15, 0.2) is 16.8 Å². The summed E-state index contributed by atoms with van der Waals surface area (Å²) < 4.78 is 0. The highest BCUT2D eigenvalue weighted by Gasteiger charge is 2.03. The molecule has 0 saturated carbocycles. The summed E-state index contributed by atoms with van der Waals surface area (Å²) in [6, 6.07) is 0. The molecule has 10 heavy (non-hydrogen) atoms. The van der Waals surface area contributed by atoms with E-state index < -0.39 is 0 Å². The lowest BCUT2D eigenvalue weighted by molar-refractivity contribution is 0.335. The predicted octanol–water partition coefficient (Wildman–Crippen LogP) is 1.89. The third kappa shape index (κ3) is 2.21. The summed E-state index contributed by atoms with van der Waals surface area (Å²) in [5.74, 6) is 0. The first-order chi connectivity index (χ1) is 4.63. The van der Waals surface area contributed by atoms with Crippen molar-refractivity contribution in [3.63, 3.8) is 0 Å². The Morgan fingerprint density at radius 1 is 1.70 bits per heavy atom. The van der Waals surface area contributed by atoms with E-state index in [1.807, 2.05) is 20.9 Å². The molecule has 1 unspecified atom stereocenters. The fraction of sp³-hybridized carbons (Fsp3) is 0.625. The SMILES string of the molecule is C=NC(C)N(C)/C(C)=C\C. The number of aliphatic imine (C=N–C) groups is 1. The van der Waals surface area contributed by atoms with Crippen LogP contribution in [0.2, 0.25) is 0 Å². The molecule has 0 fully saturated rings. The minimum atomic E-state index is 0.177. The second kappa shape index (κ2) is 4.09. The van der Waals surface area contributed by atoms with Gasteiger partial charge in [0, 0.05) is 12.7 Å². The van der Waals surface area contributed by atoms with Crippen molar-refractivity contribution in [3.05, 3.63) is 11.8 Å². The fourth-order valence-corrected chi connectivity index (χ4v) is 0.621. The highest BCUT2D eigenvalue weighted by atomic mass is 15.2. The van der Waals surface area contributed by atoms with Gasteiger partial charge in [-0.25, -0.2) is 0 Å². The molecular weight excluding hydrogens is 124 g/mol. The molecule has 0 spiro atoms. The molecule has 0 aliphatic rings.